The summed E-state index contributed by atoms with van der Waals surface area (Å²) in [6, 6.07) is 14.7. The van der Waals surface area contributed by atoms with Gasteiger partial charge in [-0.3, -0.25) is 4.90 Å². The van der Waals surface area contributed by atoms with E-state index in [1.165, 1.54) is 31.4 Å². The number of nitrogens with one attached hydrogen (secondary N) is 1. The molecule has 0 amide bonds. The number of nitrogens with zero attached hydrogens (tertiary/aromatic N) is 3. The summed E-state index contributed by atoms with van der Waals surface area (Å²) in [4.78, 5) is 2.52. The van der Waals surface area contributed by atoms with Crippen molar-refractivity contribution in [1.82, 2.24) is 20.0 Å². The molecule has 1 N–H and O–H groups in total. The molecule has 2 bridgehead atoms. The molecule has 2 atom stereocenters. The third kappa shape index (κ3) is 2.69. The van der Waals surface area contributed by atoms with Crippen LogP contribution in [0, 0.1) is 0 Å². The molecule has 0 spiro atoms. The first-order valence-electron chi connectivity index (χ1n) is 8.34. The first-order valence-corrected chi connectivity index (χ1v) is 8.34. The van der Waals surface area contributed by atoms with E-state index in [4.69, 9.17) is 0 Å². The fourth-order valence-corrected chi connectivity index (χ4v) is 4.02. The molecule has 0 aliphatic carbocycles. The van der Waals surface area contributed by atoms with Gasteiger partial charge in [0.15, 0.2) is 0 Å². The molecular weight excluding hydrogens is 272 g/mol. The van der Waals surface area contributed by atoms with Crippen LogP contribution >= 0.6 is 0 Å². The molecule has 1 aromatic carbocycles. The summed E-state index contributed by atoms with van der Waals surface area (Å²) in [5.74, 6) is 0. The van der Waals surface area contributed by atoms with Crippen LogP contribution in [0.4, 0.5) is 0 Å². The fraction of sp³-hybridized carbons (Fsp3) is 0.500. The second-order valence-electron chi connectivity index (χ2n) is 6.75. The molecule has 2 aliphatic heterocycles. The number of hydrogen-bond acceptors (Lipinski definition) is 3. The van der Waals surface area contributed by atoms with Crippen molar-refractivity contribution in [3.8, 4) is 5.69 Å². The Morgan fingerprint density at radius 2 is 1.86 bits per heavy atom. The summed E-state index contributed by atoms with van der Waals surface area (Å²) in [5.41, 5.74) is 2.40. The Labute approximate surface area is 132 Å². The van der Waals surface area contributed by atoms with Crippen LogP contribution in [0.2, 0.25) is 0 Å². The van der Waals surface area contributed by atoms with Gasteiger partial charge in [-0.05, 0) is 50.9 Å². The normalized spacial score (nSPS) is 27.5. The standard InChI is InChI=1S/C18H24N4/c1-21(18-11-14-7-8-15(12-18)20-14)13-17-9-10-19-22(17)16-5-3-2-4-6-16/h2-6,9-10,14-15,18,20H,7-8,11-13H2,1H3. The van der Waals surface area contributed by atoms with Crippen molar-refractivity contribution in [2.24, 2.45) is 0 Å². The Kier molecular flexibility index (Phi) is 3.72. The summed E-state index contributed by atoms with van der Waals surface area (Å²) in [6.45, 7) is 0.957. The maximum Gasteiger partial charge on any atom is 0.0649 e. The van der Waals surface area contributed by atoms with Crippen molar-refractivity contribution < 1.29 is 0 Å². The van der Waals surface area contributed by atoms with Gasteiger partial charge in [-0.1, -0.05) is 18.2 Å². The van der Waals surface area contributed by atoms with E-state index in [1.807, 2.05) is 12.3 Å². The number of fused-ring (bicyclic) bond motifs is 2. The minimum Gasteiger partial charge on any atom is -0.311 e. The Hall–Kier alpha value is -1.65. The number of hydrogen-bond donors (Lipinski definition) is 1. The molecule has 4 nitrogen and oxygen atoms in total. The summed E-state index contributed by atoms with van der Waals surface area (Å²) in [7, 11) is 2.26. The first kappa shape index (κ1) is 14.0. The van der Waals surface area contributed by atoms with Crippen molar-refractivity contribution in [2.75, 3.05) is 7.05 Å². The average molecular weight is 296 g/mol. The summed E-state index contributed by atoms with van der Waals surface area (Å²) >= 11 is 0. The highest BCUT2D eigenvalue weighted by Crippen LogP contribution is 2.29. The molecule has 4 rings (SSSR count). The molecule has 2 fully saturated rings. The Morgan fingerprint density at radius 3 is 2.59 bits per heavy atom. The van der Waals surface area contributed by atoms with Gasteiger partial charge in [0.05, 0.1) is 11.4 Å². The lowest BCUT2D eigenvalue weighted by atomic mass is 9.98. The molecule has 0 radical (unpaired) electrons. The second kappa shape index (κ2) is 5.86. The van der Waals surface area contributed by atoms with Gasteiger partial charge in [0.25, 0.3) is 0 Å². The quantitative estimate of drug-likeness (QED) is 0.941. The van der Waals surface area contributed by atoms with Crippen LogP contribution in [0.3, 0.4) is 0 Å². The molecular formula is C18H24N4. The third-order valence-electron chi connectivity index (χ3n) is 5.20. The maximum atomic E-state index is 4.50. The molecule has 1 aromatic heterocycles. The van der Waals surface area contributed by atoms with Crippen LogP contribution in [-0.2, 0) is 6.54 Å². The predicted molar refractivity (Wildman–Crippen MR) is 88.0 cm³/mol. The van der Waals surface area contributed by atoms with Gasteiger partial charge in [-0.15, -0.1) is 0 Å². The smallest absolute Gasteiger partial charge is 0.0649 e. The molecule has 2 saturated heterocycles. The summed E-state index contributed by atoms with van der Waals surface area (Å²) in [5, 5.41) is 8.23. The van der Waals surface area contributed by atoms with Gasteiger partial charge < -0.3 is 5.32 Å². The van der Waals surface area contributed by atoms with Crippen LogP contribution in [-0.4, -0.2) is 39.9 Å². The lowest BCUT2D eigenvalue weighted by Gasteiger charge is -2.35. The van der Waals surface area contributed by atoms with Gasteiger partial charge in [-0.25, -0.2) is 4.68 Å². The number of benzene rings is 1. The van der Waals surface area contributed by atoms with Gasteiger partial charge in [0.2, 0.25) is 0 Å². The van der Waals surface area contributed by atoms with E-state index >= 15 is 0 Å². The Balaban J connectivity index is 1.49. The maximum absolute atomic E-state index is 4.50. The average Bonchev–Trinajstić information content (AvgIpc) is 3.14. The van der Waals surface area contributed by atoms with Gasteiger partial charge >= 0.3 is 0 Å². The van der Waals surface area contributed by atoms with E-state index < -0.39 is 0 Å². The zero-order valence-electron chi connectivity index (χ0n) is 13.2. The van der Waals surface area contributed by atoms with Crippen LogP contribution in [0.5, 0.6) is 0 Å². The van der Waals surface area contributed by atoms with Crippen molar-refractivity contribution in [2.45, 2.75) is 50.4 Å². The summed E-state index contributed by atoms with van der Waals surface area (Å²) < 4.78 is 2.06. The molecule has 4 heteroatoms. The number of piperidine rings is 1. The van der Waals surface area contributed by atoms with Crippen LogP contribution < -0.4 is 5.32 Å². The van der Waals surface area contributed by atoms with Gasteiger partial charge in [-0.2, -0.15) is 5.10 Å². The Bertz CT molecular complexity index is 609. The monoisotopic (exact) mass is 296 g/mol. The minimum atomic E-state index is 0.692. The number of aromatic nitrogens is 2. The molecule has 3 heterocycles. The highest BCUT2D eigenvalue weighted by molar-refractivity contribution is 5.32. The third-order valence-corrected chi connectivity index (χ3v) is 5.20. The lowest BCUT2D eigenvalue weighted by molar-refractivity contribution is 0.163. The van der Waals surface area contributed by atoms with Crippen molar-refractivity contribution in [3.05, 3.63) is 48.3 Å². The van der Waals surface area contributed by atoms with E-state index in [9.17, 15) is 0 Å². The van der Waals surface area contributed by atoms with Crippen LogP contribution in [0.25, 0.3) is 5.69 Å². The van der Waals surface area contributed by atoms with Crippen LogP contribution in [0.1, 0.15) is 31.4 Å². The largest absolute Gasteiger partial charge is 0.311 e. The SMILES string of the molecule is CN(Cc1ccnn1-c1ccccc1)C1CC2CCC(C1)N2. The highest BCUT2D eigenvalue weighted by atomic mass is 15.3. The summed E-state index contributed by atoms with van der Waals surface area (Å²) in [6.07, 6.45) is 7.19. The van der Waals surface area contributed by atoms with Crippen molar-refractivity contribution in [3.63, 3.8) is 0 Å². The molecule has 2 unspecified atom stereocenters. The molecule has 2 aromatic rings. The predicted octanol–water partition coefficient (Wildman–Crippen LogP) is 2.59. The van der Waals surface area contributed by atoms with Gasteiger partial charge in [0.1, 0.15) is 0 Å². The van der Waals surface area contributed by atoms with E-state index in [-0.39, 0.29) is 0 Å². The molecule has 116 valence electrons. The second-order valence-corrected chi connectivity index (χ2v) is 6.75. The minimum absolute atomic E-state index is 0.692. The van der Waals surface area contributed by atoms with E-state index in [0.29, 0.717) is 6.04 Å². The van der Waals surface area contributed by atoms with Crippen LogP contribution in [0.15, 0.2) is 42.6 Å². The van der Waals surface area contributed by atoms with E-state index in [2.05, 4.69) is 57.4 Å². The zero-order chi connectivity index (χ0) is 14.9. The Morgan fingerprint density at radius 1 is 1.14 bits per heavy atom. The fourth-order valence-electron chi connectivity index (χ4n) is 4.02. The number of rotatable bonds is 4. The topological polar surface area (TPSA) is 33.1 Å². The van der Waals surface area contributed by atoms with E-state index in [1.54, 1.807) is 0 Å². The first-order chi connectivity index (χ1) is 10.8. The number of para-hydroxylation sites is 1. The molecule has 22 heavy (non-hydrogen) atoms. The van der Waals surface area contributed by atoms with Crippen molar-refractivity contribution >= 4 is 0 Å². The highest BCUT2D eigenvalue weighted by Gasteiger charge is 2.35. The molecule has 2 aliphatic rings. The lowest BCUT2D eigenvalue weighted by Crippen LogP contribution is -2.46. The van der Waals surface area contributed by atoms with Gasteiger partial charge in [0, 0.05) is 30.9 Å². The van der Waals surface area contributed by atoms with E-state index in [0.717, 1.165) is 24.3 Å². The zero-order valence-corrected chi connectivity index (χ0v) is 13.2. The van der Waals surface area contributed by atoms with Crippen molar-refractivity contribution in [1.29, 1.82) is 0 Å². The molecule has 0 saturated carbocycles.